The molecule has 0 amide bonds. The van der Waals surface area contributed by atoms with Gasteiger partial charge in [-0.05, 0) is 19.4 Å². The molecule has 0 spiro atoms. The second-order valence-corrected chi connectivity index (χ2v) is 6.46. The Morgan fingerprint density at radius 3 is 2.95 bits per heavy atom. The highest BCUT2D eigenvalue weighted by Gasteiger charge is 2.58. The first-order valence-corrected chi connectivity index (χ1v) is 7.70. The van der Waals surface area contributed by atoms with Gasteiger partial charge < -0.3 is 14.8 Å². The van der Waals surface area contributed by atoms with E-state index in [1.54, 1.807) is 0 Å². The third-order valence-corrected chi connectivity index (χ3v) is 4.89. The molecule has 1 aromatic carbocycles. The topological polar surface area (TPSA) is 30.5 Å². The number of fused-ring (bicyclic) bond motifs is 1. The number of rotatable bonds is 5. The molecule has 2 fully saturated rings. The number of hydrogen-bond acceptors (Lipinski definition) is 3. The fourth-order valence-electron chi connectivity index (χ4n) is 3.90. The molecule has 0 unspecified atom stereocenters. The fourth-order valence-corrected chi connectivity index (χ4v) is 3.90. The quantitative estimate of drug-likeness (QED) is 0.896. The minimum absolute atomic E-state index is 0.238. The van der Waals surface area contributed by atoms with Gasteiger partial charge in [0.25, 0.3) is 0 Å². The van der Waals surface area contributed by atoms with Gasteiger partial charge in [0.15, 0.2) is 0 Å². The van der Waals surface area contributed by atoms with Crippen molar-refractivity contribution in [3.05, 3.63) is 29.8 Å². The first-order valence-electron chi connectivity index (χ1n) is 7.70. The summed E-state index contributed by atoms with van der Waals surface area (Å²) >= 11 is 0. The molecule has 20 heavy (non-hydrogen) atoms. The van der Waals surface area contributed by atoms with Gasteiger partial charge in [-0.15, -0.1) is 0 Å². The maximum atomic E-state index is 5.85. The van der Waals surface area contributed by atoms with Crippen LogP contribution < -0.4 is 10.1 Å². The SMILES string of the molecule is CCOc1ccccc1CN[C@@H]1[C@@H]2CCO[C@H]2C1(C)C. The van der Waals surface area contributed by atoms with Gasteiger partial charge in [0.1, 0.15) is 5.75 Å². The molecule has 110 valence electrons. The molecular weight excluding hydrogens is 250 g/mol. The van der Waals surface area contributed by atoms with Crippen LogP contribution in [0.25, 0.3) is 0 Å². The van der Waals surface area contributed by atoms with Crippen molar-refractivity contribution in [1.82, 2.24) is 5.32 Å². The molecule has 0 radical (unpaired) electrons. The van der Waals surface area contributed by atoms with E-state index in [-0.39, 0.29) is 5.41 Å². The molecule has 1 aromatic rings. The van der Waals surface area contributed by atoms with Crippen molar-refractivity contribution in [3.8, 4) is 5.75 Å². The van der Waals surface area contributed by atoms with E-state index in [1.165, 1.54) is 12.0 Å². The Hall–Kier alpha value is -1.06. The van der Waals surface area contributed by atoms with Crippen LogP contribution >= 0.6 is 0 Å². The smallest absolute Gasteiger partial charge is 0.123 e. The van der Waals surface area contributed by atoms with E-state index in [0.717, 1.165) is 18.9 Å². The normalized spacial score (nSPS) is 30.6. The van der Waals surface area contributed by atoms with Crippen LogP contribution in [-0.2, 0) is 11.3 Å². The van der Waals surface area contributed by atoms with Gasteiger partial charge in [-0.1, -0.05) is 32.0 Å². The van der Waals surface area contributed by atoms with E-state index < -0.39 is 0 Å². The second-order valence-electron chi connectivity index (χ2n) is 6.46. The summed E-state index contributed by atoms with van der Waals surface area (Å²) in [6.45, 7) is 9.15. The average molecular weight is 275 g/mol. The summed E-state index contributed by atoms with van der Waals surface area (Å²) in [6, 6.07) is 8.85. The molecule has 1 saturated carbocycles. The average Bonchev–Trinajstić information content (AvgIpc) is 2.88. The summed E-state index contributed by atoms with van der Waals surface area (Å²) in [5.41, 5.74) is 1.48. The molecule has 0 bridgehead atoms. The molecule has 3 nitrogen and oxygen atoms in total. The monoisotopic (exact) mass is 275 g/mol. The predicted octanol–water partition coefficient (Wildman–Crippen LogP) is 2.99. The van der Waals surface area contributed by atoms with E-state index >= 15 is 0 Å². The van der Waals surface area contributed by atoms with Crippen molar-refractivity contribution < 1.29 is 9.47 Å². The van der Waals surface area contributed by atoms with Crippen molar-refractivity contribution in [2.75, 3.05) is 13.2 Å². The van der Waals surface area contributed by atoms with E-state index in [9.17, 15) is 0 Å². The maximum Gasteiger partial charge on any atom is 0.123 e. The maximum absolute atomic E-state index is 5.85. The molecule has 1 N–H and O–H groups in total. The summed E-state index contributed by atoms with van der Waals surface area (Å²) in [6.07, 6.45) is 1.64. The largest absolute Gasteiger partial charge is 0.494 e. The van der Waals surface area contributed by atoms with Crippen LogP contribution in [0.2, 0.25) is 0 Å². The number of benzene rings is 1. The summed E-state index contributed by atoms with van der Waals surface area (Å²) in [7, 11) is 0. The van der Waals surface area contributed by atoms with Gasteiger partial charge in [0.05, 0.1) is 12.7 Å². The summed E-state index contributed by atoms with van der Waals surface area (Å²) in [4.78, 5) is 0. The summed E-state index contributed by atoms with van der Waals surface area (Å²) in [5.74, 6) is 1.68. The third-order valence-electron chi connectivity index (χ3n) is 4.89. The van der Waals surface area contributed by atoms with Crippen LogP contribution in [0.5, 0.6) is 5.75 Å². The van der Waals surface area contributed by atoms with E-state index in [2.05, 4.69) is 31.3 Å². The first kappa shape index (κ1) is 13.9. The zero-order chi connectivity index (χ0) is 14.2. The van der Waals surface area contributed by atoms with Crippen LogP contribution in [-0.4, -0.2) is 25.4 Å². The predicted molar refractivity (Wildman–Crippen MR) is 79.9 cm³/mol. The van der Waals surface area contributed by atoms with Crippen molar-refractivity contribution in [1.29, 1.82) is 0 Å². The van der Waals surface area contributed by atoms with Gasteiger partial charge in [0.2, 0.25) is 0 Å². The molecule has 1 saturated heterocycles. The number of hydrogen-bond donors (Lipinski definition) is 1. The lowest BCUT2D eigenvalue weighted by Gasteiger charge is -2.55. The Bertz CT molecular complexity index is 472. The van der Waals surface area contributed by atoms with Crippen molar-refractivity contribution >= 4 is 0 Å². The Morgan fingerprint density at radius 2 is 2.15 bits per heavy atom. The molecule has 1 heterocycles. The molecule has 1 aliphatic carbocycles. The molecule has 3 heteroatoms. The van der Waals surface area contributed by atoms with E-state index in [1.807, 2.05) is 19.1 Å². The van der Waals surface area contributed by atoms with Gasteiger partial charge in [-0.25, -0.2) is 0 Å². The highest BCUT2D eigenvalue weighted by atomic mass is 16.5. The fraction of sp³-hybridized carbons (Fsp3) is 0.647. The van der Waals surface area contributed by atoms with Crippen molar-refractivity contribution in [2.24, 2.45) is 11.3 Å². The molecule has 1 aliphatic heterocycles. The third kappa shape index (κ3) is 2.23. The Balaban J connectivity index is 1.65. The minimum atomic E-state index is 0.238. The van der Waals surface area contributed by atoms with Crippen LogP contribution in [0.4, 0.5) is 0 Å². The van der Waals surface area contributed by atoms with Crippen LogP contribution in [0.1, 0.15) is 32.8 Å². The molecular formula is C17H25NO2. The zero-order valence-corrected chi connectivity index (χ0v) is 12.7. The summed E-state index contributed by atoms with van der Waals surface area (Å²) < 4.78 is 11.5. The Labute approximate surface area is 121 Å². The lowest BCUT2D eigenvalue weighted by atomic mass is 9.57. The summed E-state index contributed by atoms with van der Waals surface area (Å²) in [5, 5.41) is 3.74. The second kappa shape index (κ2) is 5.38. The van der Waals surface area contributed by atoms with E-state index in [4.69, 9.17) is 9.47 Å². The lowest BCUT2D eigenvalue weighted by Crippen LogP contribution is -2.65. The minimum Gasteiger partial charge on any atom is -0.494 e. The van der Waals surface area contributed by atoms with Gasteiger partial charge >= 0.3 is 0 Å². The van der Waals surface area contributed by atoms with Gasteiger partial charge in [-0.3, -0.25) is 0 Å². The standard InChI is InChI=1S/C17H25NO2/c1-4-19-14-8-6-5-7-12(14)11-18-15-13-9-10-20-16(13)17(15,2)3/h5-8,13,15-16,18H,4,9-11H2,1-3H3/t13-,15+,16+/m0/s1. The molecule has 0 aromatic heterocycles. The van der Waals surface area contributed by atoms with Crippen molar-refractivity contribution in [3.63, 3.8) is 0 Å². The lowest BCUT2D eigenvalue weighted by molar-refractivity contribution is -0.113. The number of ether oxygens (including phenoxy) is 2. The highest BCUT2D eigenvalue weighted by molar-refractivity contribution is 5.33. The zero-order valence-electron chi connectivity index (χ0n) is 12.7. The number of nitrogens with one attached hydrogen (secondary N) is 1. The van der Waals surface area contributed by atoms with Gasteiger partial charge in [0, 0.05) is 36.1 Å². The Kier molecular flexibility index (Phi) is 3.74. The van der Waals surface area contributed by atoms with E-state index in [0.29, 0.717) is 24.7 Å². The van der Waals surface area contributed by atoms with Crippen LogP contribution in [0.15, 0.2) is 24.3 Å². The first-order chi connectivity index (χ1) is 9.64. The Morgan fingerprint density at radius 1 is 1.35 bits per heavy atom. The molecule has 2 aliphatic rings. The van der Waals surface area contributed by atoms with Gasteiger partial charge in [-0.2, -0.15) is 0 Å². The highest BCUT2D eigenvalue weighted by Crippen LogP contribution is 2.52. The molecule has 3 atom stereocenters. The van der Waals surface area contributed by atoms with Crippen molar-refractivity contribution in [2.45, 2.75) is 45.9 Å². The van der Waals surface area contributed by atoms with Crippen LogP contribution in [0.3, 0.4) is 0 Å². The van der Waals surface area contributed by atoms with Crippen LogP contribution in [0, 0.1) is 11.3 Å². The number of para-hydroxylation sites is 1. The molecule has 3 rings (SSSR count).